The van der Waals surface area contributed by atoms with Crippen molar-refractivity contribution in [3.63, 3.8) is 0 Å². The van der Waals surface area contributed by atoms with Crippen molar-refractivity contribution >= 4 is 12.0 Å². The van der Waals surface area contributed by atoms with Crippen molar-refractivity contribution in [2.45, 2.75) is 52.1 Å². The quantitative estimate of drug-likeness (QED) is 0.873. The monoisotopic (exact) mass is 327 g/mol. The molecule has 0 aliphatic carbocycles. The summed E-state index contributed by atoms with van der Waals surface area (Å²) in [4.78, 5) is 18.7. The molecule has 0 radical (unpaired) electrons. The number of carbonyl (C=O) groups is 1. The Hall–Kier alpha value is -2.37. The Morgan fingerprint density at radius 1 is 1.25 bits per heavy atom. The summed E-state index contributed by atoms with van der Waals surface area (Å²) >= 11 is 0. The van der Waals surface area contributed by atoms with E-state index in [0.29, 0.717) is 19.0 Å². The molecule has 0 atom stereocenters. The molecule has 1 aliphatic rings. The van der Waals surface area contributed by atoms with Crippen LogP contribution in [-0.2, 0) is 17.5 Å². The number of hydrogen-bond donors (Lipinski definition) is 1. The van der Waals surface area contributed by atoms with E-state index < -0.39 is 0 Å². The summed E-state index contributed by atoms with van der Waals surface area (Å²) in [6.07, 6.45) is 1.64. The maximum Gasteiger partial charge on any atom is 0.324 e. The number of fused-ring (bicyclic) bond motifs is 1. The summed E-state index contributed by atoms with van der Waals surface area (Å²) in [6.45, 7) is 11.7. The van der Waals surface area contributed by atoms with E-state index in [1.165, 1.54) is 11.1 Å². The first-order chi connectivity index (χ1) is 11.2. The van der Waals surface area contributed by atoms with E-state index in [4.69, 9.17) is 0 Å². The third-order valence-corrected chi connectivity index (χ3v) is 4.38. The molecule has 0 fully saturated rings. The van der Waals surface area contributed by atoms with Gasteiger partial charge < -0.3 is 4.90 Å². The molecule has 3 rings (SSSR count). The summed E-state index contributed by atoms with van der Waals surface area (Å²) in [6, 6.07) is 8.15. The van der Waals surface area contributed by atoms with Gasteiger partial charge in [-0.2, -0.15) is 0 Å². The summed E-state index contributed by atoms with van der Waals surface area (Å²) in [5, 5.41) is 7.16. The van der Waals surface area contributed by atoms with Crippen molar-refractivity contribution in [3.05, 3.63) is 41.7 Å². The van der Waals surface area contributed by atoms with Crippen molar-refractivity contribution in [1.82, 2.24) is 19.7 Å². The summed E-state index contributed by atoms with van der Waals surface area (Å²) in [7, 11) is 0. The van der Waals surface area contributed by atoms with Crippen LogP contribution < -0.4 is 5.32 Å². The molecule has 1 aliphatic heterocycles. The van der Waals surface area contributed by atoms with Crippen molar-refractivity contribution in [2.24, 2.45) is 0 Å². The van der Waals surface area contributed by atoms with Gasteiger partial charge in [-0.3, -0.25) is 5.32 Å². The van der Waals surface area contributed by atoms with Gasteiger partial charge in [-0.1, -0.05) is 38.1 Å². The highest BCUT2D eigenvalue weighted by Crippen LogP contribution is 2.33. The Labute approximate surface area is 142 Å². The number of anilines is 1. The van der Waals surface area contributed by atoms with E-state index in [1.807, 2.05) is 31.7 Å². The number of hydrogen-bond acceptors (Lipinski definition) is 3. The highest BCUT2D eigenvalue weighted by atomic mass is 16.2. The molecule has 2 heterocycles. The summed E-state index contributed by atoms with van der Waals surface area (Å²) in [5.74, 6) is 0.339. The third kappa shape index (κ3) is 3.13. The van der Waals surface area contributed by atoms with Crippen molar-refractivity contribution < 1.29 is 4.79 Å². The Balaban J connectivity index is 1.76. The minimum atomic E-state index is -0.165. The first-order valence-corrected chi connectivity index (χ1v) is 8.23. The number of urea groups is 1. The molecule has 0 bridgehead atoms. The van der Waals surface area contributed by atoms with Gasteiger partial charge in [0.2, 0.25) is 5.95 Å². The smallest absolute Gasteiger partial charge is 0.319 e. The van der Waals surface area contributed by atoms with Crippen LogP contribution in [-0.4, -0.2) is 32.2 Å². The van der Waals surface area contributed by atoms with Crippen LogP contribution in [0.4, 0.5) is 10.7 Å². The van der Waals surface area contributed by atoms with Crippen LogP contribution in [0.3, 0.4) is 0 Å². The lowest BCUT2D eigenvalue weighted by Crippen LogP contribution is -2.46. The second kappa shape index (κ2) is 5.61. The Morgan fingerprint density at radius 2 is 1.96 bits per heavy atom. The lowest BCUT2D eigenvalue weighted by molar-refractivity contribution is 0.186. The molecule has 128 valence electrons. The number of nitrogens with one attached hydrogen (secondary N) is 1. The lowest BCUT2D eigenvalue weighted by Gasteiger charge is -2.39. The predicted octanol–water partition coefficient (Wildman–Crippen LogP) is 3.36. The van der Waals surface area contributed by atoms with Gasteiger partial charge in [0.25, 0.3) is 0 Å². The van der Waals surface area contributed by atoms with Gasteiger partial charge in [0, 0.05) is 18.5 Å². The van der Waals surface area contributed by atoms with Crippen molar-refractivity contribution in [2.75, 3.05) is 11.9 Å². The molecule has 0 saturated carbocycles. The number of rotatable bonds is 1. The average Bonchev–Trinajstić information content (AvgIpc) is 2.95. The zero-order valence-corrected chi connectivity index (χ0v) is 15.0. The molecule has 2 amide bonds. The Bertz CT molecular complexity index is 757. The van der Waals surface area contributed by atoms with E-state index >= 15 is 0 Å². The molecule has 2 aromatic rings. The highest BCUT2D eigenvalue weighted by Gasteiger charge is 2.33. The maximum atomic E-state index is 12.6. The molecule has 1 aromatic carbocycles. The molecule has 0 saturated heterocycles. The molecular formula is C18H25N5O. The van der Waals surface area contributed by atoms with Gasteiger partial charge in [0.15, 0.2) is 0 Å². The molecule has 1 aromatic heterocycles. The fraction of sp³-hybridized carbons (Fsp3) is 0.500. The van der Waals surface area contributed by atoms with Gasteiger partial charge in [-0.15, -0.1) is 5.10 Å². The SMILES string of the molecule is CC1(C)CN(C(=O)Nc2ncn(C(C)(C)C)n2)Cc2ccccc21. The molecule has 6 heteroatoms. The van der Waals surface area contributed by atoms with Gasteiger partial charge in [-0.25, -0.2) is 14.5 Å². The third-order valence-electron chi connectivity index (χ3n) is 4.38. The number of carbonyl (C=O) groups excluding carboxylic acids is 1. The van der Waals surface area contributed by atoms with Crippen LogP contribution in [0.2, 0.25) is 0 Å². The number of nitrogens with zero attached hydrogens (tertiary/aromatic N) is 4. The van der Waals surface area contributed by atoms with E-state index in [9.17, 15) is 4.79 Å². The van der Waals surface area contributed by atoms with E-state index in [-0.39, 0.29) is 17.0 Å². The largest absolute Gasteiger partial charge is 0.324 e. The van der Waals surface area contributed by atoms with Crippen LogP contribution in [0.25, 0.3) is 0 Å². The van der Waals surface area contributed by atoms with Crippen LogP contribution in [0.15, 0.2) is 30.6 Å². The van der Waals surface area contributed by atoms with Gasteiger partial charge in [0.05, 0.1) is 5.54 Å². The minimum Gasteiger partial charge on any atom is -0.319 e. The molecule has 0 spiro atoms. The van der Waals surface area contributed by atoms with E-state index in [0.717, 1.165) is 0 Å². The standard InChI is InChI=1S/C18H25N5O/c1-17(2,3)23-12-19-15(21-23)20-16(24)22-10-13-8-6-7-9-14(13)18(4,5)11-22/h6-9,12H,10-11H2,1-5H3,(H,20,21,24). The zero-order chi connectivity index (χ0) is 17.5. The van der Waals surface area contributed by atoms with Crippen LogP contribution in [0.1, 0.15) is 45.7 Å². The van der Waals surface area contributed by atoms with Gasteiger partial charge in [0.1, 0.15) is 6.33 Å². The van der Waals surface area contributed by atoms with Gasteiger partial charge >= 0.3 is 6.03 Å². The topological polar surface area (TPSA) is 63.1 Å². The molecule has 1 N–H and O–H groups in total. The molecule has 24 heavy (non-hydrogen) atoms. The first-order valence-electron chi connectivity index (χ1n) is 8.23. The number of aromatic nitrogens is 3. The first kappa shape index (κ1) is 16.5. The molecule has 6 nitrogen and oxygen atoms in total. The summed E-state index contributed by atoms with van der Waals surface area (Å²) in [5.41, 5.74) is 2.26. The second-order valence-electron chi connectivity index (χ2n) is 8.01. The number of amides is 2. The Kier molecular flexibility index (Phi) is 3.86. The highest BCUT2D eigenvalue weighted by molar-refractivity contribution is 5.87. The minimum absolute atomic E-state index is 0.0790. The predicted molar refractivity (Wildman–Crippen MR) is 93.9 cm³/mol. The summed E-state index contributed by atoms with van der Waals surface area (Å²) < 4.78 is 1.75. The fourth-order valence-electron chi connectivity index (χ4n) is 3.10. The Morgan fingerprint density at radius 3 is 2.62 bits per heavy atom. The second-order valence-corrected chi connectivity index (χ2v) is 8.01. The van der Waals surface area contributed by atoms with E-state index in [1.54, 1.807) is 11.0 Å². The zero-order valence-electron chi connectivity index (χ0n) is 15.0. The fourth-order valence-corrected chi connectivity index (χ4v) is 3.10. The van der Waals surface area contributed by atoms with Crippen LogP contribution in [0, 0.1) is 0 Å². The molecular weight excluding hydrogens is 302 g/mol. The van der Waals surface area contributed by atoms with Crippen molar-refractivity contribution in [1.29, 1.82) is 0 Å². The molecule has 0 unspecified atom stereocenters. The van der Waals surface area contributed by atoms with Gasteiger partial charge in [-0.05, 0) is 31.9 Å². The number of benzene rings is 1. The van der Waals surface area contributed by atoms with Crippen LogP contribution in [0.5, 0.6) is 0 Å². The van der Waals surface area contributed by atoms with E-state index in [2.05, 4.69) is 47.4 Å². The lowest BCUT2D eigenvalue weighted by atomic mass is 9.78. The normalized spacial score (nSPS) is 16.6. The van der Waals surface area contributed by atoms with Crippen LogP contribution >= 0.6 is 0 Å². The van der Waals surface area contributed by atoms with Crippen molar-refractivity contribution in [3.8, 4) is 0 Å². The average molecular weight is 327 g/mol. The maximum absolute atomic E-state index is 12.6.